The number of carbonyl (C=O) groups excluding carboxylic acids is 2. The van der Waals surface area contributed by atoms with Crippen LogP contribution in [0.4, 0.5) is 0 Å². The molecule has 0 aromatic heterocycles. The zero-order chi connectivity index (χ0) is 18.4. The lowest BCUT2D eigenvalue weighted by Crippen LogP contribution is -2.42. The molecule has 1 aliphatic heterocycles. The van der Waals surface area contributed by atoms with Gasteiger partial charge in [-0.25, -0.2) is 0 Å². The molecule has 0 radical (unpaired) electrons. The third kappa shape index (κ3) is 5.94. The van der Waals surface area contributed by atoms with Gasteiger partial charge in [0.05, 0.1) is 19.1 Å². The van der Waals surface area contributed by atoms with Gasteiger partial charge in [0.15, 0.2) is 11.5 Å². The summed E-state index contributed by atoms with van der Waals surface area (Å²) in [4.78, 5) is 25.6. The van der Waals surface area contributed by atoms with Crippen LogP contribution in [0.25, 0.3) is 0 Å². The number of fused-ring (bicyclic) bond motifs is 1. The highest BCUT2D eigenvalue weighted by Crippen LogP contribution is 2.32. The second-order valence-electron chi connectivity index (χ2n) is 6.59. The maximum absolute atomic E-state index is 12.2. The smallest absolute Gasteiger partial charge is 0.234 e. The van der Waals surface area contributed by atoms with Gasteiger partial charge in [-0.2, -0.15) is 0 Å². The molecule has 2 amide bonds. The van der Waals surface area contributed by atoms with E-state index in [-0.39, 0.29) is 37.0 Å². The van der Waals surface area contributed by atoms with E-state index in [1.54, 1.807) is 11.9 Å². The normalized spacial score (nSPS) is 14.3. The van der Waals surface area contributed by atoms with Gasteiger partial charge < -0.3 is 20.1 Å². The van der Waals surface area contributed by atoms with Crippen molar-refractivity contribution in [2.45, 2.75) is 32.9 Å². The second-order valence-corrected chi connectivity index (χ2v) is 6.59. The number of ether oxygens (including phenoxy) is 2. The van der Waals surface area contributed by atoms with Crippen LogP contribution in [0, 0.1) is 0 Å². The van der Waals surface area contributed by atoms with E-state index < -0.39 is 0 Å². The molecule has 1 aromatic rings. The van der Waals surface area contributed by atoms with Crippen molar-refractivity contribution < 1.29 is 19.1 Å². The first-order valence-electron chi connectivity index (χ1n) is 8.52. The molecule has 0 saturated carbocycles. The summed E-state index contributed by atoms with van der Waals surface area (Å²) in [5, 5.41) is 5.74. The number of hydrogen-bond donors (Lipinski definition) is 2. The van der Waals surface area contributed by atoms with Crippen LogP contribution >= 0.6 is 0 Å². The molecule has 7 heteroatoms. The Bertz CT molecular complexity index is 618. The molecular formula is C18H27N3O4. The van der Waals surface area contributed by atoms with Crippen LogP contribution < -0.4 is 20.1 Å². The minimum atomic E-state index is -0.166. The lowest BCUT2D eigenvalue weighted by molar-refractivity contribution is -0.125. The Balaban J connectivity index is 1.84. The minimum absolute atomic E-state index is 0.0879. The quantitative estimate of drug-likeness (QED) is 0.770. The van der Waals surface area contributed by atoms with E-state index in [0.717, 1.165) is 11.3 Å². The summed E-state index contributed by atoms with van der Waals surface area (Å²) < 4.78 is 11.1. The van der Waals surface area contributed by atoms with Crippen LogP contribution in [0.15, 0.2) is 18.2 Å². The van der Waals surface area contributed by atoms with E-state index in [9.17, 15) is 9.59 Å². The van der Waals surface area contributed by atoms with Gasteiger partial charge >= 0.3 is 0 Å². The van der Waals surface area contributed by atoms with Gasteiger partial charge in [-0.05, 0) is 45.5 Å². The lowest BCUT2D eigenvalue weighted by Gasteiger charge is -2.22. The summed E-state index contributed by atoms with van der Waals surface area (Å²) in [6.07, 6.45) is 0. The molecular weight excluding hydrogens is 322 g/mol. The van der Waals surface area contributed by atoms with Crippen LogP contribution in [-0.2, 0) is 9.59 Å². The van der Waals surface area contributed by atoms with E-state index >= 15 is 0 Å². The largest absolute Gasteiger partial charge is 0.486 e. The van der Waals surface area contributed by atoms with Crippen LogP contribution in [-0.4, -0.2) is 56.1 Å². The first-order chi connectivity index (χ1) is 11.8. The second kappa shape index (κ2) is 8.71. The Morgan fingerprint density at radius 2 is 1.64 bits per heavy atom. The van der Waals surface area contributed by atoms with Gasteiger partial charge in [-0.3, -0.25) is 14.5 Å². The molecule has 0 unspecified atom stereocenters. The Hall–Kier alpha value is -2.28. The van der Waals surface area contributed by atoms with E-state index in [1.807, 2.05) is 39.0 Å². The number of amides is 2. The number of nitrogens with zero attached hydrogens (tertiary/aromatic N) is 1. The molecule has 0 fully saturated rings. The molecule has 1 aromatic carbocycles. The molecule has 2 N–H and O–H groups in total. The van der Waals surface area contributed by atoms with Crippen molar-refractivity contribution in [3.8, 4) is 11.5 Å². The predicted molar refractivity (Wildman–Crippen MR) is 94.8 cm³/mol. The van der Waals surface area contributed by atoms with Crippen molar-refractivity contribution in [1.29, 1.82) is 0 Å². The molecule has 25 heavy (non-hydrogen) atoms. The zero-order valence-electron chi connectivity index (χ0n) is 15.3. The summed E-state index contributed by atoms with van der Waals surface area (Å²) in [6.45, 7) is 7.13. The van der Waals surface area contributed by atoms with Crippen molar-refractivity contribution in [3.05, 3.63) is 23.8 Å². The van der Waals surface area contributed by atoms with Crippen molar-refractivity contribution in [1.82, 2.24) is 15.5 Å². The number of benzene rings is 1. The third-order valence-electron chi connectivity index (χ3n) is 3.72. The molecule has 1 atom stereocenters. The van der Waals surface area contributed by atoms with Crippen molar-refractivity contribution in [2.24, 2.45) is 0 Å². The van der Waals surface area contributed by atoms with E-state index in [1.165, 1.54) is 0 Å². The van der Waals surface area contributed by atoms with Crippen molar-refractivity contribution in [2.75, 3.05) is 33.4 Å². The molecule has 2 rings (SSSR count). The molecule has 0 aliphatic carbocycles. The fourth-order valence-electron chi connectivity index (χ4n) is 2.61. The Morgan fingerprint density at radius 3 is 2.28 bits per heavy atom. The molecule has 1 heterocycles. The Kier molecular flexibility index (Phi) is 6.64. The zero-order valence-corrected chi connectivity index (χ0v) is 15.3. The number of hydrogen-bond acceptors (Lipinski definition) is 5. The Morgan fingerprint density at radius 1 is 1.04 bits per heavy atom. The summed E-state index contributed by atoms with van der Waals surface area (Å²) in [5.74, 6) is 1.20. The summed E-state index contributed by atoms with van der Waals surface area (Å²) >= 11 is 0. The first-order valence-corrected chi connectivity index (χ1v) is 8.52. The van der Waals surface area contributed by atoms with Crippen LogP contribution in [0.1, 0.15) is 32.4 Å². The van der Waals surface area contributed by atoms with Gasteiger partial charge in [-0.15, -0.1) is 0 Å². The fourth-order valence-corrected chi connectivity index (χ4v) is 2.61. The van der Waals surface area contributed by atoms with Gasteiger partial charge in [0.1, 0.15) is 13.2 Å². The SMILES string of the molecule is CC(C)NC(=O)CN(C)CC(=O)N[C@@H](C)c1ccc2c(c1)OCCO2. The van der Waals surface area contributed by atoms with Crippen LogP contribution in [0.2, 0.25) is 0 Å². The molecule has 138 valence electrons. The molecule has 1 aliphatic rings. The van der Waals surface area contributed by atoms with Gasteiger partial charge in [0.2, 0.25) is 11.8 Å². The maximum atomic E-state index is 12.2. The average molecular weight is 349 g/mol. The first kappa shape index (κ1) is 19.1. The third-order valence-corrected chi connectivity index (χ3v) is 3.72. The monoisotopic (exact) mass is 349 g/mol. The number of nitrogens with one attached hydrogen (secondary N) is 2. The molecule has 7 nitrogen and oxygen atoms in total. The highest BCUT2D eigenvalue weighted by atomic mass is 16.6. The van der Waals surface area contributed by atoms with E-state index in [4.69, 9.17) is 9.47 Å². The molecule has 0 spiro atoms. The number of likely N-dealkylation sites (N-methyl/N-ethyl adjacent to an activating group) is 1. The Labute approximate surface area is 148 Å². The van der Waals surface area contributed by atoms with Gasteiger partial charge in [0.25, 0.3) is 0 Å². The summed E-state index contributed by atoms with van der Waals surface area (Å²) in [7, 11) is 1.74. The van der Waals surface area contributed by atoms with Gasteiger partial charge in [-0.1, -0.05) is 6.07 Å². The molecule has 0 saturated heterocycles. The topological polar surface area (TPSA) is 79.9 Å². The predicted octanol–water partition coefficient (Wildman–Crippen LogP) is 1.09. The average Bonchev–Trinajstić information content (AvgIpc) is 2.52. The highest BCUT2D eigenvalue weighted by Gasteiger charge is 2.17. The molecule has 0 bridgehead atoms. The lowest BCUT2D eigenvalue weighted by atomic mass is 10.1. The van der Waals surface area contributed by atoms with Crippen molar-refractivity contribution in [3.63, 3.8) is 0 Å². The van der Waals surface area contributed by atoms with E-state index in [0.29, 0.717) is 19.0 Å². The van der Waals surface area contributed by atoms with Crippen LogP contribution in [0.3, 0.4) is 0 Å². The standard InChI is InChI=1S/C18H27N3O4/c1-12(2)19-17(22)10-21(4)11-18(23)20-13(3)14-5-6-15-16(9-14)25-8-7-24-15/h5-6,9,12-13H,7-8,10-11H2,1-4H3,(H,19,22)(H,20,23)/t13-/m0/s1. The highest BCUT2D eigenvalue weighted by molar-refractivity contribution is 5.81. The van der Waals surface area contributed by atoms with Crippen molar-refractivity contribution >= 4 is 11.8 Å². The number of rotatable bonds is 7. The van der Waals surface area contributed by atoms with Crippen LogP contribution in [0.5, 0.6) is 11.5 Å². The van der Waals surface area contributed by atoms with E-state index in [2.05, 4.69) is 10.6 Å². The summed E-state index contributed by atoms with van der Waals surface area (Å²) in [5.41, 5.74) is 0.942. The minimum Gasteiger partial charge on any atom is -0.486 e. The fraction of sp³-hybridized carbons (Fsp3) is 0.556. The van der Waals surface area contributed by atoms with Gasteiger partial charge in [0, 0.05) is 6.04 Å². The summed E-state index contributed by atoms with van der Waals surface area (Å²) in [6, 6.07) is 5.58. The maximum Gasteiger partial charge on any atom is 0.234 e. The number of carbonyl (C=O) groups is 2.